The van der Waals surface area contributed by atoms with E-state index in [4.69, 9.17) is 9.15 Å². The van der Waals surface area contributed by atoms with Crippen LogP contribution in [0.5, 0.6) is 5.75 Å². The minimum atomic E-state index is -0.371. The van der Waals surface area contributed by atoms with Gasteiger partial charge in [-0.05, 0) is 42.5 Å². The molecule has 1 amide bonds. The van der Waals surface area contributed by atoms with E-state index in [2.05, 4.69) is 15.1 Å². The summed E-state index contributed by atoms with van der Waals surface area (Å²) in [6.07, 6.45) is 0. The Hall–Kier alpha value is -3.07. The normalized spacial score (nSPS) is 14.1. The number of hydrogen-bond donors (Lipinski definition) is 0. The SMILES string of the molecule is COc1ccc(N2CCN(C(=O)CSc3nnc(-c4cccc(F)c4)o3)CC2)cc1. The largest absolute Gasteiger partial charge is 0.497 e. The zero-order chi connectivity index (χ0) is 20.9. The number of nitrogens with zero attached hydrogens (tertiary/aromatic N) is 4. The number of halogens is 1. The Balaban J connectivity index is 1.27. The molecule has 7 nitrogen and oxygen atoms in total. The molecular formula is C21H21FN4O3S. The first kappa shape index (κ1) is 20.2. The van der Waals surface area contributed by atoms with Gasteiger partial charge in [0.25, 0.3) is 5.22 Å². The first-order chi connectivity index (χ1) is 14.6. The maximum absolute atomic E-state index is 13.3. The van der Waals surface area contributed by atoms with Crippen LogP contribution in [0.25, 0.3) is 11.5 Å². The number of amides is 1. The number of rotatable bonds is 6. The highest BCUT2D eigenvalue weighted by Gasteiger charge is 2.22. The average molecular weight is 428 g/mol. The molecule has 1 aromatic heterocycles. The molecule has 2 aromatic carbocycles. The van der Waals surface area contributed by atoms with Gasteiger partial charge < -0.3 is 19.0 Å². The van der Waals surface area contributed by atoms with Gasteiger partial charge in [0.05, 0.1) is 12.9 Å². The van der Waals surface area contributed by atoms with Crippen LogP contribution in [0.4, 0.5) is 10.1 Å². The lowest BCUT2D eigenvalue weighted by atomic mass is 10.2. The number of aromatic nitrogens is 2. The van der Waals surface area contributed by atoms with E-state index in [0.717, 1.165) is 24.5 Å². The second-order valence-electron chi connectivity index (χ2n) is 6.74. The quantitative estimate of drug-likeness (QED) is 0.558. The van der Waals surface area contributed by atoms with Crippen molar-refractivity contribution < 1.29 is 18.3 Å². The number of anilines is 1. The second-order valence-corrected chi connectivity index (χ2v) is 7.66. The van der Waals surface area contributed by atoms with Gasteiger partial charge in [0.2, 0.25) is 11.8 Å². The van der Waals surface area contributed by atoms with Crippen molar-refractivity contribution in [2.75, 3.05) is 43.9 Å². The van der Waals surface area contributed by atoms with E-state index < -0.39 is 0 Å². The third kappa shape index (κ3) is 4.73. The molecule has 1 saturated heterocycles. The van der Waals surface area contributed by atoms with Crippen molar-refractivity contribution in [3.8, 4) is 17.2 Å². The van der Waals surface area contributed by atoms with Crippen LogP contribution in [0.2, 0.25) is 0 Å². The molecule has 0 atom stereocenters. The van der Waals surface area contributed by atoms with E-state index in [9.17, 15) is 9.18 Å². The lowest BCUT2D eigenvalue weighted by Crippen LogP contribution is -2.49. The molecule has 0 unspecified atom stereocenters. The van der Waals surface area contributed by atoms with Crippen LogP contribution in [-0.4, -0.2) is 60.0 Å². The summed E-state index contributed by atoms with van der Waals surface area (Å²) in [6, 6.07) is 13.9. The van der Waals surface area contributed by atoms with Gasteiger partial charge in [-0.3, -0.25) is 4.79 Å². The van der Waals surface area contributed by atoms with Crippen molar-refractivity contribution in [3.05, 3.63) is 54.3 Å². The molecule has 0 radical (unpaired) electrons. The third-order valence-corrected chi connectivity index (χ3v) is 5.67. The van der Waals surface area contributed by atoms with Crippen molar-refractivity contribution in [2.45, 2.75) is 5.22 Å². The summed E-state index contributed by atoms with van der Waals surface area (Å²) in [6.45, 7) is 2.85. The molecule has 4 rings (SSSR count). The number of piperazine rings is 1. The highest BCUT2D eigenvalue weighted by molar-refractivity contribution is 7.99. The molecule has 0 saturated carbocycles. The Morgan fingerprint density at radius 3 is 2.60 bits per heavy atom. The van der Waals surface area contributed by atoms with Crippen molar-refractivity contribution in [1.82, 2.24) is 15.1 Å². The van der Waals surface area contributed by atoms with Gasteiger partial charge >= 0.3 is 0 Å². The average Bonchev–Trinajstić information content (AvgIpc) is 3.27. The van der Waals surface area contributed by atoms with Crippen LogP contribution in [0.3, 0.4) is 0 Å². The van der Waals surface area contributed by atoms with Gasteiger partial charge in [0.15, 0.2) is 0 Å². The fraction of sp³-hybridized carbons (Fsp3) is 0.286. The number of thioether (sulfide) groups is 1. The highest BCUT2D eigenvalue weighted by atomic mass is 32.2. The maximum atomic E-state index is 13.3. The Morgan fingerprint density at radius 1 is 1.13 bits per heavy atom. The Bertz CT molecular complexity index is 1000. The monoisotopic (exact) mass is 428 g/mol. The minimum absolute atomic E-state index is 0.0277. The lowest BCUT2D eigenvalue weighted by Gasteiger charge is -2.36. The summed E-state index contributed by atoms with van der Waals surface area (Å²) < 4.78 is 24.1. The molecule has 0 N–H and O–H groups in total. The second kappa shape index (κ2) is 9.17. The van der Waals surface area contributed by atoms with Crippen LogP contribution in [0.1, 0.15) is 0 Å². The number of benzene rings is 2. The molecule has 156 valence electrons. The van der Waals surface area contributed by atoms with Gasteiger partial charge in [-0.25, -0.2) is 4.39 Å². The topological polar surface area (TPSA) is 71.7 Å². The van der Waals surface area contributed by atoms with Crippen molar-refractivity contribution in [3.63, 3.8) is 0 Å². The van der Waals surface area contributed by atoms with Gasteiger partial charge in [-0.2, -0.15) is 0 Å². The molecule has 1 fully saturated rings. The zero-order valence-electron chi connectivity index (χ0n) is 16.5. The Morgan fingerprint density at radius 2 is 1.90 bits per heavy atom. The summed E-state index contributed by atoms with van der Waals surface area (Å²) in [7, 11) is 1.65. The van der Waals surface area contributed by atoms with Crippen LogP contribution >= 0.6 is 11.8 Å². The Kier molecular flexibility index (Phi) is 6.18. The molecule has 30 heavy (non-hydrogen) atoms. The highest BCUT2D eigenvalue weighted by Crippen LogP contribution is 2.24. The third-order valence-electron chi connectivity index (χ3n) is 4.87. The molecule has 1 aliphatic heterocycles. The molecule has 0 bridgehead atoms. The number of ether oxygens (including phenoxy) is 1. The molecule has 0 spiro atoms. The molecule has 2 heterocycles. The lowest BCUT2D eigenvalue weighted by molar-refractivity contribution is -0.128. The molecule has 0 aliphatic carbocycles. The fourth-order valence-electron chi connectivity index (χ4n) is 3.23. The van der Waals surface area contributed by atoms with E-state index >= 15 is 0 Å². The molecule has 3 aromatic rings. The maximum Gasteiger partial charge on any atom is 0.277 e. The zero-order valence-corrected chi connectivity index (χ0v) is 17.3. The van der Waals surface area contributed by atoms with E-state index in [1.54, 1.807) is 19.2 Å². The van der Waals surface area contributed by atoms with Crippen molar-refractivity contribution >= 4 is 23.4 Å². The summed E-state index contributed by atoms with van der Waals surface area (Å²) in [5.74, 6) is 0.931. The van der Waals surface area contributed by atoms with E-state index in [0.29, 0.717) is 23.9 Å². The van der Waals surface area contributed by atoms with Gasteiger partial charge in [0, 0.05) is 37.4 Å². The first-order valence-electron chi connectivity index (χ1n) is 9.51. The number of carbonyl (C=O) groups excluding carboxylic acids is 1. The minimum Gasteiger partial charge on any atom is -0.497 e. The summed E-state index contributed by atoms with van der Waals surface area (Å²) >= 11 is 1.19. The predicted molar refractivity (Wildman–Crippen MR) is 112 cm³/mol. The number of hydrogen-bond acceptors (Lipinski definition) is 7. The summed E-state index contributed by atoms with van der Waals surface area (Å²) in [5, 5.41) is 8.16. The summed E-state index contributed by atoms with van der Waals surface area (Å²) in [4.78, 5) is 16.6. The van der Waals surface area contributed by atoms with Gasteiger partial charge in [-0.1, -0.05) is 17.8 Å². The van der Waals surface area contributed by atoms with Crippen LogP contribution in [-0.2, 0) is 4.79 Å². The molecule has 1 aliphatic rings. The van der Waals surface area contributed by atoms with Crippen LogP contribution in [0.15, 0.2) is 58.2 Å². The van der Waals surface area contributed by atoms with E-state index in [1.807, 2.05) is 29.2 Å². The van der Waals surface area contributed by atoms with Crippen molar-refractivity contribution in [1.29, 1.82) is 0 Å². The first-order valence-corrected chi connectivity index (χ1v) is 10.5. The van der Waals surface area contributed by atoms with Gasteiger partial charge in [-0.15, -0.1) is 10.2 Å². The van der Waals surface area contributed by atoms with Crippen molar-refractivity contribution in [2.24, 2.45) is 0 Å². The van der Waals surface area contributed by atoms with Crippen LogP contribution < -0.4 is 9.64 Å². The number of methoxy groups -OCH3 is 1. The molecule has 9 heteroatoms. The van der Waals surface area contributed by atoms with E-state index in [1.165, 1.54) is 23.9 Å². The van der Waals surface area contributed by atoms with Gasteiger partial charge in [0.1, 0.15) is 11.6 Å². The standard InChI is InChI=1S/C21H21FN4O3S/c1-28-18-7-5-17(6-8-18)25-9-11-26(12-10-25)19(27)14-30-21-24-23-20(29-21)15-3-2-4-16(22)13-15/h2-8,13H,9-12,14H2,1H3. The Labute approximate surface area is 177 Å². The fourth-order valence-corrected chi connectivity index (χ4v) is 3.89. The van der Waals surface area contributed by atoms with E-state index in [-0.39, 0.29) is 23.4 Å². The predicted octanol–water partition coefficient (Wildman–Crippen LogP) is 3.33. The smallest absolute Gasteiger partial charge is 0.277 e. The number of carbonyl (C=O) groups is 1. The molecular weight excluding hydrogens is 407 g/mol. The summed E-state index contributed by atoms with van der Waals surface area (Å²) in [5.41, 5.74) is 1.63. The van der Waals surface area contributed by atoms with Crippen LogP contribution in [0, 0.1) is 5.82 Å².